The van der Waals surface area contributed by atoms with Crippen LogP contribution in [-0.4, -0.2) is 80.0 Å². The number of ether oxygens (including phenoxy) is 3. The molecule has 9 heteroatoms. The molecule has 1 N–H and O–H groups in total. The molecular weight excluding hydrogens is 508 g/mol. The van der Waals surface area contributed by atoms with E-state index in [2.05, 4.69) is 22.0 Å². The monoisotopic (exact) mass is 552 g/mol. The largest absolute Gasteiger partial charge is 0.494 e. The van der Waals surface area contributed by atoms with Gasteiger partial charge in [-0.05, 0) is 57.2 Å². The van der Waals surface area contributed by atoms with Crippen LogP contribution in [-0.2, 0) is 22.5 Å². The van der Waals surface area contributed by atoms with Crippen LogP contribution < -0.4 is 15.0 Å². The lowest BCUT2D eigenvalue weighted by Gasteiger charge is -2.43. The summed E-state index contributed by atoms with van der Waals surface area (Å²) in [5.41, 5.74) is 3.35. The lowest BCUT2D eigenvalue weighted by molar-refractivity contribution is 0.0554. The first-order chi connectivity index (χ1) is 19.2. The number of rotatable bonds is 7. The van der Waals surface area contributed by atoms with Gasteiger partial charge in [-0.2, -0.15) is 0 Å². The Morgan fingerprint density at radius 3 is 2.25 bits per heavy atom. The van der Waals surface area contributed by atoms with Crippen LogP contribution in [0.3, 0.4) is 0 Å². The van der Waals surface area contributed by atoms with Gasteiger partial charge in [0, 0.05) is 57.1 Å². The normalized spacial score (nSPS) is 16.9. The minimum atomic E-state index is -0.576. The molecule has 2 aromatic carbocycles. The molecule has 0 atom stereocenters. The van der Waals surface area contributed by atoms with Crippen molar-refractivity contribution in [1.29, 1.82) is 0 Å². The molecule has 2 aliphatic rings. The third kappa shape index (κ3) is 7.81. The molecular formula is C31H44N4O5. The Bertz CT molecular complexity index is 1130. The zero-order chi connectivity index (χ0) is 28.7. The standard InChI is InChI=1S/C31H44N4O5/c1-6-24-20-26(32-29(36)40-31(2,3)4)28(38-5)21-27(24)34-14-12-25(13-15-34)33-16-18-35(19-17-33)30(37)39-22-23-10-8-7-9-11-23/h7-11,20-21,25H,6,12-19,22H2,1-5H3,(H,32,36). The van der Waals surface area contributed by atoms with Gasteiger partial charge in [-0.25, -0.2) is 9.59 Å². The fourth-order valence-electron chi connectivity index (χ4n) is 5.42. The Morgan fingerprint density at radius 1 is 0.975 bits per heavy atom. The van der Waals surface area contributed by atoms with E-state index in [1.165, 1.54) is 0 Å². The molecule has 0 bridgehead atoms. The Morgan fingerprint density at radius 2 is 1.65 bits per heavy atom. The summed E-state index contributed by atoms with van der Waals surface area (Å²) >= 11 is 0. The summed E-state index contributed by atoms with van der Waals surface area (Å²) in [6.07, 6.45) is 2.23. The lowest BCUT2D eigenvalue weighted by Crippen LogP contribution is -2.54. The highest BCUT2D eigenvalue weighted by Crippen LogP contribution is 2.36. The van der Waals surface area contributed by atoms with E-state index in [9.17, 15) is 9.59 Å². The van der Waals surface area contributed by atoms with Crippen molar-refractivity contribution in [3.63, 3.8) is 0 Å². The molecule has 2 fully saturated rings. The Hall–Kier alpha value is -3.46. The maximum atomic E-state index is 12.5. The number of nitrogens with one attached hydrogen (secondary N) is 1. The summed E-state index contributed by atoms with van der Waals surface area (Å²) in [7, 11) is 1.62. The van der Waals surface area contributed by atoms with Crippen LogP contribution in [0.4, 0.5) is 21.0 Å². The van der Waals surface area contributed by atoms with Crippen LogP contribution in [0.5, 0.6) is 5.75 Å². The molecule has 9 nitrogen and oxygen atoms in total. The van der Waals surface area contributed by atoms with E-state index in [1.807, 2.05) is 68.1 Å². The van der Waals surface area contributed by atoms with Gasteiger partial charge in [0.05, 0.1) is 12.8 Å². The number of hydrogen-bond donors (Lipinski definition) is 1. The van der Waals surface area contributed by atoms with Gasteiger partial charge in [-0.15, -0.1) is 0 Å². The first-order valence-electron chi connectivity index (χ1n) is 14.3. The van der Waals surface area contributed by atoms with E-state index in [0.29, 0.717) is 37.2 Å². The number of amides is 2. The number of hydrogen-bond acceptors (Lipinski definition) is 7. The number of benzene rings is 2. The molecule has 0 unspecified atom stereocenters. The molecule has 2 heterocycles. The fourth-order valence-corrected chi connectivity index (χ4v) is 5.42. The first-order valence-corrected chi connectivity index (χ1v) is 14.3. The van der Waals surface area contributed by atoms with Gasteiger partial charge < -0.3 is 24.0 Å². The van der Waals surface area contributed by atoms with Gasteiger partial charge in [-0.1, -0.05) is 37.3 Å². The quantitative estimate of drug-likeness (QED) is 0.484. The third-order valence-corrected chi connectivity index (χ3v) is 7.52. The minimum absolute atomic E-state index is 0.232. The SMILES string of the molecule is CCc1cc(NC(=O)OC(C)(C)C)c(OC)cc1N1CCC(N2CCN(C(=O)OCc3ccccc3)CC2)CC1. The predicted octanol–water partition coefficient (Wildman–Crippen LogP) is 5.53. The van der Waals surface area contributed by atoms with Gasteiger partial charge >= 0.3 is 12.2 Å². The van der Waals surface area contributed by atoms with Gasteiger partial charge in [0.25, 0.3) is 0 Å². The van der Waals surface area contributed by atoms with E-state index in [-0.39, 0.29) is 6.09 Å². The van der Waals surface area contributed by atoms with Crippen molar-refractivity contribution in [3.05, 3.63) is 53.6 Å². The van der Waals surface area contributed by atoms with Gasteiger partial charge in [0.1, 0.15) is 18.0 Å². The number of carbonyl (C=O) groups excluding carboxylic acids is 2. The van der Waals surface area contributed by atoms with Crippen molar-refractivity contribution < 1.29 is 23.8 Å². The number of carbonyl (C=O) groups is 2. The Labute approximate surface area is 238 Å². The zero-order valence-corrected chi connectivity index (χ0v) is 24.6. The molecule has 4 rings (SSSR count). The first kappa shape index (κ1) is 29.5. The predicted molar refractivity (Wildman–Crippen MR) is 157 cm³/mol. The van der Waals surface area contributed by atoms with Crippen molar-refractivity contribution >= 4 is 23.6 Å². The summed E-state index contributed by atoms with van der Waals surface area (Å²) in [4.78, 5) is 31.7. The summed E-state index contributed by atoms with van der Waals surface area (Å²) in [6.45, 7) is 13.0. The van der Waals surface area contributed by atoms with Crippen molar-refractivity contribution in [2.24, 2.45) is 0 Å². The number of anilines is 2. The van der Waals surface area contributed by atoms with E-state index < -0.39 is 11.7 Å². The van der Waals surface area contributed by atoms with Crippen molar-refractivity contribution in [3.8, 4) is 5.75 Å². The number of aryl methyl sites for hydroxylation is 1. The van der Waals surface area contributed by atoms with Crippen molar-refractivity contribution in [1.82, 2.24) is 9.80 Å². The van der Waals surface area contributed by atoms with E-state index in [0.717, 1.165) is 62.3 Å². The molecule has 218 valence electrons. The topological polar surface area (TPSA) is 83.6 Å². The molecule has 2 amide bonds. The zero-order valence-electron chi connectivity index (χ0n) is 24.6. The molecule has 2 aliphatic heterocycles. The number of piperazine rings is 1. The maximum Gasteiger partial charge on any atom is 0.412 e. The highest BCUT2D eigenvalue weighted by atomic mass is 16.6. The smallest absolute Gasteiger partial charge is 0.412 e. The molecule has 0 radical (unpaired) electrons. The van der Waals surface area contributed by atoms with Crippen LogP contribution >= 0.6 is 0 Å². The maximum absolute atomic E-state index is 12.5. The van der Waals surface area contributed by atoms with Gasteiger partial charge in [0.15, 0.2) is 0 Å². The Balaban J connectivity index is 1.29. The summed E-state index contributed by atoms with van der Waals surface area (Å²) in [6, 6.07) is 14.3. The molecule has 40 heavy (non-hydrogen) atoms. The van der Waals surface area contributed by atoms with Gasteiger partial charge in [0.2, 0.25) is 0 Å². The lowest BCUT2D eigenvalue weighted by atomic mass is 9.99. The van der Waals surface area contributed by atoms with Gasteiger partial charge in [-0.3, -0.25) is 10.2 Å². The van der Waals surface area contributed by atoms with E-state index >= 15 is 0 Å². The second kappa shape index (κ2) is 13.3. The molecule has 2 aromatic rings. The second-order valence-electron chi connectivity index (χ2n) is 11.4. The highest BCUT2D eigenvalue weighted by Gasteiger charge is 2.30. The van der Waals surface area contributed by atoms with Crippen LogP contribution in [0.25, 0.3) is 0 Å². The molecule has 0 saturated carbocycles. The Kier molecular flexibility index (Phi) is 9.79. The summed E-state index contributed by atoms with van der Waals surface area (Å²) in [5.74, 6) is 0.621. The third-order valence-electron chi connectivity index (χ3n) is 7.52. The number of piperidine rings is 1. The summed E-state index contributed by atoms with van der Waals surface area (Å²) in [5, 5.41) is 2.85. The highest BCUT2D eigenvalue weighted by molar-refractivity contribution is 5.88. The minimum Gasteiger partial charge on any atom is -0.494 e. The van der Waals surface area contributed by atoms with Crippen molar-refractivity contribution in [2.45, 2.75) is 65.2 Å². The van der Waals surface area contributed by atoms with Crippen LogP contribution in [0, 0.1) is 0 Å². The molecule has 0 aliphatic carbocycles. The van der Waals surface area contributed by atoms with Crippen LogP contribution in [0.15, 0.2) is 42.5 Å². The van der Waals surface area contributed by atoms with E-state index in [4.69, 9.17) is 14.2 Å². The summed E-state index contributed by atoms with van der Waals surface area (Å²) < 4.78 is 16.6. The van der Waals surface area contributed by atoms with Crippen LogP contribution in [0.1, 0.15) is 51.7 Å². The average molecular weight is 553 g/mol. The number of methoxy groups -OCH3 is 1. The molecule has 0 spiro atoms. The van der Waals surface area contributed by atoms with Crippen LogP contribution in [0.2, 0.25) is 0 Å². The molecule has 2 saturated heterocycles. The molecule has 0 aromatic heterocycles. The second-order valence-corrected chi connectivity index (χ2v) is 11.4. The van der Waals surface area contributed by atoms with E-state index in [1.54, 1.807) is 7.11 Å². The average Bonchev–Trinajstić information content (AvgIpc) is 2.95. The number of nitrogens with zero attached hydrogens (tertiary/aromatic N) is 3. The fraction of sp³-hybridized carbons (Fsp3) is 0.548. The van der Waals surface area contributed by atoms with Crippen molar-refractivity contribution in [2.75, 3.05) is 56.6 Å².